The second kappa shape index (κ2) is 7.88. The molecule has 2 aromatic carbocycles. The first-order valence-corrected chi connectivity index (χ1v) is 9.10. The molecule has 0 N–H and O–H groups in total. The lowest BCUT2D eigenvalue weighted by molar-refractivity contribution is 0.731. The number of benzene rings is 2. The van der Waals surface area contributed by atoms with E-state index in [9.17, 15) is 0 Å². The molecule has 0 saturated carbocycles. The Labute approximate surface area is 155 Å². The minimum atomic E-state index is 0.628. The average molecular weight is 376 g/mol. The highest BCUT2D eigenvalue weighted by Crippen LogP contribution is 2.32. The van der Waals surface area contributed by atoms with Crippen LogP contribution in [0.2, 0.25) is 10.0 Å². The van der Waals surface area contributed by atoms with Crippen LogP contribution in [0.5, 0.6) is 0 Å². The zero-order chi connectivity index (χ0) is 16.9. The predicted octanol–water partition coefficient (Wildman–Crippen LogP) is 5.73. The molecule has 0 aliphatic rings. The Kier molecular flexibility index (Phi) is 5.61. The van der Waals surface area contributed by atoms with Crippen LogP contribution in [-0.2, 0) is 12.3 Å². The van der Waals surface area contributed by atoms with Gasteiger partial charge in [-0.05, 0) is 17.7 Å². The molecular formula is C18H15Cl2N3S. The van der Waals surface area contributed by atoms with Gasteiger partial charge in [0, 0.05) is 27.9 Å². The van der Waals surface area contributed by atoms with Crippen molar-refractivity contribution in [3.8, 4) is 11.4 Å². The van der Waals surface area contributed by atoms with E-state index in [1.807, 2.05) is 59.2 Å². The summed E-state index contributed by atoms with van der Waals surface area (Å²) in [7, 11) is 0. The molecule has 1 heterocycles. The van der Waals surface area contributed by atoms with Crippen LogP contribution in [0.25, 0.3) is 11.4 Å². The van der Waals surface area contributed by atoms with Crippen molar-refractivity contribution in [3.05, 3.63) is 76.8 Å². The van der Waals surface area contributed by atoms with Gasteiger partial charge in [0.05, 0.1) is 0 Å². The molecule has 0 radical (unpaired) electrons. The Bertz CT molecular complexity index is 826. The van der Waals surface area contributed by atoms with Gasteiger partial charge in [0.25, 0.3) is 0 Å². The van der Waals surface area contributed by atoms with Gasteiger partial charge in [-0.3, -0.25) is 4.57 Å². The number of hydrogen-bond donors (Lipinski definition) is 0. The van der Waals surface area contributed by atoms with E-state index in [1.54, 1.807) is 11.8 Å². The van der Waals surface area contributed by atoms with Gasteiger partial charge in [-0.2, -0.15) is 0 Å². The van der Waals surface area contributed by atoms with Crippen molar-refractivity contribution < 1.29 is 0 Å². The molecule has 0 unspecified atom stereocenters. The summed E-state index contributed by atoms with van der Waals surface area (Å²) in [5.74, 6) is 1.45. The van der Waals surface area contributed by atoms with Crippen molar-refractivity contribution in [2.24, 2.45) is 0 Å². The molecule has 3 rings (SSSR count). The molecular weight excluding hydrogens is 361 g/mol. The van der Waals surface area contributed by atoms with Gasteiger partial charge in [-0.25, -0.2) is 0 Å². The second-order valence-electron chi connectivity index (χ2n) is 5.06. The topological polar surface area (TPSA) is 30.7 Å². The second-order valence-corrected chi connectivity index (χ2v) is 6.82. The molecule has 0 bridgehead atoms. The molecule has 0 aliphatic heterocycles. The number of hydrogen-bond acceptors (Lipinski definition) is 3. The fourth-order valence-electron chi connectivity index (χ4n) is 2.30. The highest BCUT2D eigenvalue weighted by Gasteiger charge is 2.14. The molecule has 0 aliphatic carbocycles. The number of aromatic nitrogens is 3. The minimum absolute atomic E-state index is 0.628. The van der Waals surface area contributed by atoms with Gasteiger partial charge in [-0.1, -0.05) is 77.4 Å². The van der Waals surface area contributed by atoms with Crippen molar-refractivity contribution >= 4 is 35.0 Å². The summed E-state index contributed by atoms with van der Waals surface area (Å²) >= 11 is 14.0. The average Bonchev–Trinajstić information content (AvgIpc) is 2.98. The fraction of sp³-hybridized carbons (Fsp3) is 0.111. The van der Waals surface area contributed by atoms with Crippen LogP contribution in [0.15, 0.2) is 66.3 Å². The highest BCUT2D eigenvalue weighted by atomic mass is 35.5. The van der Waals surface area contributed by atoms with E-state index in [0.717, 1.165) is 22.1 Å². The maximum absolute atomic E-state index is 6.24. The lowest BCUT2D eigenvalue weighted by atomic mass is 10.2. The van der Waals surface area contributed by atoms with Gasteiger partial charge < -0.3 is 0 Å². The Hall–Kier alpha value is -1.75. The molecule has 3 aromatic rings. The number of allylic oxidation sites excluding steroid dienone is 1. The third-order valence-corrected chi connectivity index (χ3v) is 5.17. The number of halogens is 2. The van der Waals surface area contributed by atoms with Crippen molar-refractivity contribution in [3.63, 3.8) is 0 Å². The number of nitrogens with zero attached hydrogens (tertiary/aromatic N) is 3. The summed E-state index contributed by atoms with van der Waals surface area (Å²) in [6.07, 6.45) is 1.84. The molecule has 0 atom stereocenters. The van der Waals surface area contributed by atoms with E-state index in [0.29, 0.717) is 22.3 Å². The van der Waals surface area contributed by atoms with Gasteiger partial charge >= 0.3 is 0 Å². The SMILES string of the molecule is C=CCn1c(SCc2c(Cl)cccc2Cl)nnc1-c1ccccc1. The molecule has 3 nitrogen and oxygen atoms in total. The van der Waals surface area contributed by atoms with Crippen LogP contribution in [0.3, 0.4) is 0 Å². The number of rotatable bonds is 6. The van der Waals surface area contributed by atoms with E-state index < -0.39 is 0 Å². The normalized spacial score (nSPS) is 10.8. The monoisotopic (exact) mass is 375 g/mol. The highest BCUT2D eigenvalue weighted by molar-refractivity contribution is 7.98. The van der Waals surface area contributed by atoms with Crippen LogP contribution < -0.4 is 0 Å². The fourth-order valence-corrected chi connectivity index (χ4v) is 3.99. The maximum atomic E-state index is 6.24. The molecule has 24 heavy (non-hydrogen) atoms. The maximum Gasteiger partial charge on any atom is 0.192 e. The van der Waals surface area contributed by atoms with E-state index in [-0.39, 0.29) is 0 Å². The van der Waals surface area contributed by atoms with Crippen LogP contribution >= 0.6 is 35.0 Å². The summed E-state index contributed by atoms with van der Waals surface area (Å²) < 4.78 is 2.04. The van der Waals surface area contributed by atoms with E-state index in [1.165, 1.54) is 0 Å². The lowest BCUT2D eigenvalue weighted by Crippen LogP contribution is -2.00. The summed E-state index contributed by atoms with van der Waals surface area (Å²) in [4.78, 5) is 0. The largest absolute Gasteiger partial charge is 0.298 e. The third kappa shape index (κ3) is 3.66. The first-order chi connectivity index (χ1) is 11.7. The molecule has 0 saturated heterocycles. The first-order valence-electron chi connectivity index (χ1n) is 7.36. The molecule has 122 valence electrons. The van der Waals surface area contributed by atoms with Crippen molar-refractivity contribution in [1.29, 1.82) is 0 Å². The van der Waals surface area contributed by atoms with Gasteiger partial charge in [0.15, 0.2) is 11.0 Å². The molecule has 0 fully saturated rings. The third-order valence-electron chi connectivity index (χ3n) is 3.47. The van der Waals surface area contributed by atoms with Crippen molar-refractivity contribution in [2.45, 2.75) is 17.5 Å². The Morgan fingerprint density at radius 1 is 1.00 bits per heavy atom. The Morgan fingerprint density at radius 2 is 1.71 bits per heavy atom. The zero-order valence-corrected chi connectivity index (χ0v) is 15.2. The minimum Gasteiger partial charge on any atom is -0.298 e. The lowest BCUT2D eigenvalue weighted by Gasteiger charge is -2.09. The summed E-state index contributed by atoms with van der Waals surface area (Å²) in [5, 5.41) is 10.8. The van der Waals surface area contributed by atoms with E-state index in [2.05, 4.69) is 16.8 Å². The first kappa shape index (κ1) is 17.1. The van der Waals surface area contributed by atoms with Gasteiger partial charge in [0.2, 0.25) is 0 Å². The Morgan fingerprint density at radius 3 is 2.38 bits per heavy atom. The summed E-state index contributed by atoms with van der Waals surface area (Å²) in [5.41, 5.74) is 1.93. The molecule has 1 aromatic heterocycles. The molecule has 0 spiro atoms. The van der Waals surface area contributed by atoms with Gasteiger partial charge in [-0.15, -0.1) is 16.8 Å². The Balaban J connectivity index is 1.89. The van der Waals surface area contributed by atoms with Gasteiger partial charge in [0.1, 0.15) is 0 Å². The standard InChI is InChI=1S/C18H15Cl2N3S/c1-2-11-23-17(13-7-4-3-5-8-13)21-22-18(23)24-12-14-15(19)9-6-10-16(14)20/h2-10H,1,11-12H2. The van der Waals surface area contributed by atoms with Crippen LogP contribution in [-0.4, -0.2) is 14.8 Å². The van der Waals surface area contributed by atoms with E-state index >= 15 is 0 Å². The van der Waals surface area contributed by atoms with E-state index in [4.69, 9.17) is 23.2 Å². The van der Waals surface area contributed by atoms with Crippen molar-refractivity contribution in [1.82, 2.24) is 14.8 Å². The zero-order valence-electron chi connectivity index (χ0n) is 12.8. The van der Waals surface area contributed by atoms with Crippen LogP contribution in [0.4, 0.5) is 0 Å². The molecule has 0 amide bonds. The van der Waals surface area contributed by atoms with Crippen molar-refractivity contribution in [2.75, 3.05) is 0 Å². The van der Waals surface area contributed by atoms with Crippen LogP contribution in [0, 0.1) is 0 Å². The summed E-state index contributed by atoms with van der Waals surface area (Å²) in [6, 6.07) is 15.5. The summed E-state index contributed by atoms with van der Waals surface area (Å²) in [6.45, 7) is 4.46. The molecule has 6 heteroatoms. The smallest absolute Gasteiger partial charge is 0.192 e. The quantitative estimate of drug-likeness (QED) is 0.407. The number of thioether (sulfide) groups is 1. The predicted molar refractivity (Wildman–Crippen MR) is 102 cm³/mol. The van der Waals surface area contributed by atoms with Crippen LogP contribution in [0.1, 0.15) is 5.56 Å².